The Balaban J connectivity index is 2.69. The first kappa shape index (κ1) is 11.7. The summed E-state index contributed by atoms with van der Waals surface area (Å²) in [6.07, 6.45) is 0. The number of alkyl halides is 1. The normalized spacial score (nSPS) is 17.2. The number of benzene rings is 1. The molecule has 2 rings (SSSR count). The molecule has 0 spiro atoms. The first-order chi connectivity index (χ1) is 8.02. The van der Waals surface area contributed by atoms with E-state index in [2.05, 4.69) is 21.2 Å². The minimum Gasteiger partial charge on any atom is -0.477 e. The zero-order chi connectivity index (χ0) is 12.6. The summed E-state index contributed by atoms with van der Waals surface area (Å²) in [6.45, 7) is 0. The molecule has 17 heavy (non-hydrogen) atoms. The Labute approximate surface area is 105 Å². The molecule has 1 aliphatic rings. The fraction of sp³-hybridized carbons (Fsp3) is 0.0909. The van der Waals surface area contributed by atoms with Gasteiger partial charge in [-0.15, -0.1) is 0 Å². The largest absolute Gasteiger partial charge is 0.477 e. The van der Waals surface area contributed by atoms with Gasteiger partial charge in [0.2, 0.25) is 0 Å². The summed E-state index contributed by atoms with van der Waals surface area (Å²) in [6, 6.07) is 6.96. The van der Waals surface area contributed by atoms with Crippen LogP contribution in [0.3, 0.4) is 0 Å². The summed E-state index contributed by atoms with van der Waals surface area (Å²) in [5.74, 6) is -2.90. The predicted molar refractivity (Wildman–Crippen MR) is 65.0 cm³/mol. The Morgan fingerprint density at radius 2 is 1.76 bits per heavy atom. The molecule has 1 aromatic carbocycles. The number of aliphatic carboxylic acids is 2. The second-order valence-corrected chi connectivity index (χ2v) is 4.37. The smallest absolute Gasteiger partial charge is 0.343 e. The summed E-state index contributed by atoms with van der Waals surface area (Å²) in [4.78, 5) is 21.5. The van der Waals surface area contributed by atoms with Crippen molar-refractivity contribution in [2.24, 2.45) is 0 Å². The van der Waals surface area contributed by atoms with E-state index >= 15 is 0 Å². The number of carbonyl (C=O) groups is 2. The lowest BCUT2D eigenvalue weighted by Crippen LogP contribution is -2.17. The summed E-state index contributed by atoms with van der Waals surface area (Å²) < 4.78 is 0. The zero-order valence-corrected chi connectivity index (χ0v) is 10.1. The molecule has 1 atom stereocenters. The van der Waals surface area contributed by atoms with Crippen LogP contribution in [0.25, 0.3) is 5.57 Å². The van der Waals surface area contributed by atoms with E-state index in [-0.39, 0.29) is 5.57 Å². The molecule has 1 unspecified atom stereocenters. The fourth-order valence-electron chi connectivity index (χ4n) is 1.77. The number of nitrogens with one attached hydrogen (secondary N) is 1. The van der Waals surface area contributed by atoms with Gasteiger partial charge in [-0.2, -0.15) is 0 Å². The standard InChI is InChI=1S/C11H8BrNO4/c12-9-7(8(10(14)15)11(16)17)5-3-1-2-4-6(5)13-9/h1-4,9,13H,(H,14,15)(H,16,17). The maximum absolute atomic E-state index is 11.0. The Hall–Kier alpha value is -1.82. The van der Waals surface area contributed by atoms with E-state index in [1.807, 2.05) is 0 Å². The summed E-state index contributed by atoms with van der Waals surface area (Å²) in [5, 5.41) is 20.9. The lowest BCUT2D eigenvalue weighted by atomic mass is 10.0. The molecule has 0 amide bonds. The number of hydrogen-bond acceptors (Lipinski definition) is 3. The maximum Gasteiger partial charge on any atom is 0.343 e. The van der Waals surface area contributed by atoms with Crippen molar-refractivity contribution in [3.8, 4) is 0 Å². The third-order valence-corrected chi connectivity index (χ3v) is 3.14. The van der Waals surface area contributed by atoms with Crippen LogP contribution in [-0.4, -0.2) is 27.1 Å². The molecule has 1 aromatic rings. The first-order valence-electron chi connectivity index (χ1n) is 4.73. The van der Waals surface area contributed by atoms with Crippen LogP contribution in [-0.2, 0) is 9.59 Å². The van der Waals surface area contributed by atoms with Crippen LogP contribution in [0.1, 0.15) is 5.56 Å². The highest BCUT2D eigenvalue weighted by atomic mass is 79.9. The Morgan fingerprint density at radius 3 is 2.35 bits per heavy atom. The number of carboxylic acid groups (broad SMARTS) is 2. The van der Waals surface area contributed by atoms with Crippen LogP contribution in [0.4, 0.5) is 5.69 Å². The van der Waals surface area contributed by atoms with E-state index in [1.165, 1.54) is 0 Å². The van der Waals surface area contributed by atoms with Gasteiger partial charge in [-0.05, 0) is 6.07 Å². The number of anilines is 1. The highest BCUT2D eigenvalue weighted by molar-refractivity contribution is 9.09. The van der Waals surface area contributed by atoms with Gasteiger partial charge in [0.05, 0.1) is 0 Å². The minimum atomic E-state index is -1.45. The second-order valence-electron chi connectivity index (χ2n) is 3.45. The average molecular weight is 298 g/mol. The van der Waals surface area contributed by atoms with Crippen molar-refractivity contribution in [2.75, 3.05) is 5.32 Å². The summed E-state index contributed by atoms with van der Waals surface area (Å²) >= 11 is 3.23. The number of para-hydroxylation sites is 1. The van der Waals surface area contributed by atoms with Gasteiger partial charge in [0.25, 0.3) is 0 Å². The number of halogens is 1. The average Bonchev–Trinajstić information content (AvgIpc) is 2.55. The van der Waals surface area contributed by atoms with E-state index in [0.29, 0.717) is 11.3 Å². The van der Waals surface area contributed by atoms with E-state index in [0.717, 1.165) is 0 Å². The zero-order valence-electron chi connectivity index (χ0n) is 8.48. The summed E-state index contributed by atoms with van der Waals surface area (Å²) in [5.41, 5.74) is 0.920. The Kier molecular flexibility index (Phi) is 2.89. The Bertz CT molecular complexity index is 522. The molecule has 1 heterocycles. The van der Waals surface area contributed by atoms with Crippen molar-refractivity contribution in [1.82, 2.24) is 0 Å². The third kappa shape index (κ3) is 1.91. The maximum atomic E-state index is 11.0. The monoisotopic (exact) mass is 297 g/mol. The molecular formula is C11H8BrNO4. The lowest BCUT2D eigenvalue weighted by Gasteiger charge is -2.07. The highest BCUT2D eigenvalue weighted by Gasteiger charge is 2.32. The van der Waals surface area contributed by atoms with Crippen LogP contribution in [0.2, 0.25) is 0 Å². The van der Waals surface area contributed by atoms with Gasteiger partial charge in [-0.25, -0.2) is 9.59 Å². The van der Waals surface area contributed by atoms with Gasteiger partial charge < -0.3 is 15.5 Å². The van der Waals surface area contributed by atoms with Crippen molar-refractivity contribution in [2.45, 2.75) is 4.95 Å². The molecule has 0 bridgehead atoms. The van der Waals surface area contributed by atoms with E-state index < -0.39 is 22.5 Å². The topological polar surface area (TPSA) is 86.6 Å². The lowest BCUT2D eigenvalue weighted by molar-refractivity contribution is -0.140. The van der Waals surface area contributed by atoms with Crippen molar-refractivity contribution in [3.63, 3.8) is 0 Å². The quantitative estimate of drug-likeness (QED) is 0.255. The van der Waals surface area contributed by atoms with Crippen LogP contribution < -0.4 is 5.32 Å². The van der Waals surface area contributed by atoms with E-state index in [9.17, 15) is 9.59 Å². The van der Waals surface area contributed by atoms with Crippen molar-refractivity contribution < 1.29 is 19.8 Å². The SMILES string of the molecule is O=C(O)C(C(=O)O)=C1c2ccccc2NC1Br. The molecule has 0 saturated carbocycles. The summed E-state index contributed by atoms with van der Waals surface area (Å²) in [7, 11) is 0. The molecule has 0 fully saturated rings. The third-order valence-electron chi connectivity index (χ3n) is 2.45. The molecule has 5 nitrogen and oxygen atoms in total. The number of carboxylic acids is 2. The Morgan fingerprint density at radius 1 is 1.18 bits per heavy atom. The van der Waals surface area contributed by atoms with Gasteiger partial charge in [0, 0.05) is 16.8 Å². The van der Waals surface area contributed by atoms with E-state index in [4.69, 9.17) is 10.2 Å². The number of hydrogen-bond donors (Lipinski definition) is 3. The van der Waals surface area contributed by atoms with Gasteiger partial charge in [-0.3, -0.25) is 0 Å². The molecule has 3 N–H and O–H groups in total. The van der Waals surface area contributed by atoms with Gasteiger partial charge in [0.15, 0.2) is 5.57 Å². The van der Waals surface area contributed by atoms with Crippen molar-refractivity contribution in [1.29, 1.82) is 0 Å². The van der Waals surface area contributed by atoms with Gasteiger partial charge in [-0.1, -0.05) is 34.1 Å². The van der Waals surface area contributed by atoms with Gasteiger partial charge >= 0.3 is 11.9 Å². The molecule has 6 heteroatoms. The highest BCUT2D eigenvalue weighted by Crippen LogP contribution is 2.39. The molecule has 0 aliphatic carbocycles. The molecule has 88 valence electrons. The number of rotatable bonds is 2. The number of fused-ring (bicyclic) bond motifs is 1. The minimum absolute atomic E-state index is 0.237. The van der Waals surface area contributed by atoms with Crippen molar-refractivity contribution >= 4 is 39.1 Å². The fourth-order valence-corrected chi connectivity index (χ4v) is 2.49. The molecule has 0 radical (unpaired) electrons. The van der Waals surface area contributed by atoms with Gasteiger partial charge in [0.1, 0.15) is 4.95 Å². The van der Waals surface area contributed by atoms with Crippen LogP contribution >= 0.6 is 15.9 Å². The molecule has 0 aromatic heterocycles. The van der Waals surface area contributed by atoms with Crippen LogP contribution in [0.15, 0.2) is 29.8 Å². The van der Waals surface area contributed by atoms with Crippen LogP contribution in [0.5, 0.6) is 0 Å². The van der Waals surface area contributed by atoms with Crippen LogP contribution in [0, 0.1) is 0 Å². The predicted octanol–water partition coefficient (Wildman–Crippen LogP) is 1.76. The molecular weight excluding hydrogens is 290 g/mol. The first-order valence-corrected chi connectivity index (χ1v) is 5.64. The van der Waals surface area contributed by atoms with E-state index in [1.54, 1.807) is 24.3 Å². The molecule has 0 saturated heterocycles. The molecule has 1 aliphatic heterocycles. The van der Waals surface area contributed by atoms with Crippen molar-refractivity contribution in [3.05, 3.63) is 35.4 Å². The second kappa shape index (κ2) is 4.21.